The molecule has 0 bridgehead atoms. The number of allylic oxidation sites excluding steroid dienone is 4. The van der Waals surface area contributed by atoms with E-state index in [0.717, 1.165) is 79.9 Å². The molecule has 2 unspecified atom stereocenters. The molecule has 11 aromatic rings. The standard InChI is InChI=1S/C64H47N5O/c1-41-34-52-51-30-18-19-31-55(51)69(50-28-16-7-17-29-50)59(52)57-53-36-45(32-33-56(53)70-60(41)57)58-54(63-67-61(43-22-10-4-11-23-43)66-62(68-63)44-24-12-5-13-25-44)37-48(40-65-58)47-35-46(42-20-8-3-9-21-42)38-64(2,39-47)49-26-14-6-15-27-49/h3-33,35-37,39-41H,34,38H2,1-2H3. The molecule has 2 atom stereocenters. The lowest BCUT2D eigenvalue weighted by Crippen LogP contribution is -2.22. The first kappa shape index (κ1) is 41.4. The quantitative estimate of drug-likeness (QED) is 0.152. The molecular formula is C64H47N5O. The lowest BCUT2D eigenvalue weighted by Gasteiger charge is -2.33. The summed E-state index contributed by atoms with van der Waals surface area (Å²) in [6.45, 7) is 4.63. The summed E-state index contributed by atoms with van der Waals surface area (Å²) in [6.07, 6.45) is 8.53. The fourth-order valence-electron chi connectivity index (χ4n) is 10.9. The number of rotatable bonds is 8. The van der Waals surface area contributed by atoms with Crippen LogP contribution < -0.4 is 0 Å². The van der Waals surface area contributed by atoms with E-state index in [1.54, 1.807) is 0 Å². The average molecular weight is 902 g/mol. The van der Waals surface area contributed by atoms with E-state index in [0.29, 0.717) is 17.5 Å². The first-order valence-corrected chi connectivity index (χ1v) is 24.1. The third kappa shape index (κ3) is 7.10. The van der Waals surface area contributed by atoms with Crippen LogP contribution in [-0.2, 0) is 11.8 Å². The number of aromatic nitrogens is 5. The maximum absolute atomic E-state index is 6.90. The first-order valence-electron chi connectivity index (χ1n) is 24.1. The van der Waals surface area contributed by atoms with Crippen molar-refractivity contribution in [1.29, 1.82) is 0 Å². The number of hydrogen-bond acceptors (Lipinski definition) is 5. The molecule has 0 radical (unpaired) electrons. The van der Waals surface area contributed by atoms with Crippen LogP contribution in [0, 0.1) is 0 Å². The Hall–Kier alpha value is -8.74. The highest BCUT2D eigenvalue weighted by Gasteiger charge is 2.35. The van der Waals surface area contributed by atoms with Crippen molar-refractivity contribution in [2.24, 2.45) is 0 Å². The highest BCUT2D eigenvalue weighted by atomic mass is 16.3. The van der Waals surface area contributed by atoms with Crippen molar-refractivity contribution < 1.29 is 4.42 Å². The molecule has 0 spiro atoms. The number of pyridine rings is 1. The van der Waals surface area contributed by atoms with E-state index >= 15 is 0 Å². The Balaban J connectivity index is 1.06. The van der Waals surface area contributed by atoms with Crippen LogP contribution in [0.1, 0.15) is 54.2 Å². The van der Waals surface area contributed by atoms with Crippen LogP contribution in [0.3, 0.4) is 0 Å². The van der Waals surface area contributed by atoms with Crippen molar-refractivity contribution in [3.05, 3.63) is 247 Å². The van der Waals surface area contributed by atoms with Crippen molar-refractivity contribution in [3.63, 3.8) is 0 Å². The second kappa shape index (κ2) is 16.8. The van der Waals surface area contributed by atoms with Gasteiger partial charge in [0.05, 0.1) is 16.9 Å². The van der Waals surface area contributed by atoms with Gasteiger partial charge in [-0.25, -0.2) is 15.0 Å². The maximum atomic E-state index is 6.90. The normalized spacial score (nSPS) is 16.4. The van der Waals surface area contributed by atoms with E-state index in [-0.39, 0.29) is 11.3 Å². The number of nitrogens with zero attached hydrogens (tertiary/aromatic N) is 5. The average Bonchev–Trinajstić information content (AvgIpc) is 3.98. The molecule has 6 heteroatoms. The summed E-state index contributed by atoms with van der Waals surface area (Å²) in [6, 6.07) is 70.2. The summed E-state index contributed by atoms with van der Waals surface area (Å²) >= 11 is 0. The van der Waals surface area contributed by atoms with Crippen molar-refractivity contribution >= 4 is 33.0 Å². The minimum Gasteiger partial charge on any atom is -0.460 e. The summed E-state index contributed by atoms with van der Waals surface area (Å²) in [4.78, 5) is 21.2. The number of furan rings is 1. The number of hydrogen-bond donors (Lipinski definition) is 0. The van der Waals surface area contributed by atoms with Gasteiger partial charge in [-0.15, -0.1) is 0 Å². The summed E-state index contributed by atoms with van der Waals surface area (Å²) in [5.74, 6) is 2.91. The van der Waals surface area contributed by atoms with Crippen molar-refractivity contribution in [2.75, 3.05) is 0 Å². The van der Waals surface area contributed by atoms with Crippen LogP contribution in [-0.4, -0.2) is 24.5 Å². The van der Waals surface area contributed by atoms with E-state index in [4.69, 9.17) is 24.4 Å². The summed E-state index contributed by atoms with van der Waals surface area (Å²) < 4.78 is 9.33. The molecule has 2 aliphatic carbocycles. The van der Waals surface area contributed by atoms with Gasteiger partial charge >= 0.3 is 0 Å². The molecule has 334 valence electrons. The van der Waals surface area contributed by atoms with Crippen molar-refractivity contribution in [1.82, 2.24) is 24.5 Å². The summed E-state index contributed by atoms with van der Waals surface area (Å²) in [5.41, 5.74) is 16.7. The van der Waals surface area contributed by atoms with Gasteiger partial charge in [0.25, 0.3) is 0 Å². The third-order valence-corrected chi connectivity index (χ3v) is 14.3. The van der Waals surface area contributed by atoms with Crippen LogP contribution in [0.5, 0.6) is 0 Å². The van der Waals surface area contributed by atoms with Gasteiger partial charge in [-0.05, 0) is 83.1 Å². The van der Waals surface area contributed by atoms with Gasteiger partial charge in [-0.2, -0.15) is 0 Å². The second-order valence-corrected chi connectivity index (χ2v) is 18.9. The SMILES string of the molecule is CC1Cc2c(n(-c3ccccc3)c3ccccc23)-c2c1oc1ccc(-c3ncc(C4=CC(C)(c5ccccc5)CC(c5ccccc5)=C4)cc3-c3nc(-c4ccccc4)nc(-c4ccccc4)n3)cc21. The van der Waals surface area contributed by atoms with Gasteiger partial charge in [0.1, 0.15) is 11.3 Å². The molecule has 0 saturated heterocycles. The molecule has 0 saturated carbocycles. The van der Waals surface area contributed by atoms with Crippen molar-refractivity contribution in [3.8, 4) is 62.4 Å². The Kier molecular flexibility index (Phi) is 9.94. The van der Waals surface area contributed by atoms with E-state index in [2.05, 4.69) is 194 Å². The van der Waals surface area contributed by atoms with E-state index < -0.39 is 0 Å². The topological polar surface area (TPSA) is 69.6 Å². The Morgan fingerprint density at radius 1 is 0.571 bits per heavy atom. The fraction of sp³-hybridized carbons (Fsp3) is 0.0938. The lowest BCUT2D eigenvalue weighted by molar-refractivity contribution is 0.502. The van der Waals surface area contributed by atoms with Crippen LogP contribution in [0.15, 0.2) is 223 Å². The Bertz CT molecular complexity index is 3780. The summed E-state index contributed by atoms with van der Waals surface area (Å²) in [5, 5.41) is 2.32. The Morgan fingerprint density at radius 2 is 1.17 bits per heavy atom. The zero-order valence-electron chi connectivity index (χ0n) is 38.9. The van der Waals surface area contributed by atoms with Crippen LogP contribution in [0.2, 0.25) is 0 Å². The van der Waals surface area contributed by atoms with Crippen LogP contribution >= 0.6 is 0 Å². The maximum Gasteiger partial charge on any atom is 0.166 e. The molecule has 13 rings (SSSR count). The molecule has 2 aliphatic rings. The number of para-hydroxylation sites is 2. The predicted octanol–water partition coefficient (Wildman–Crippen LogP) is 15.8. The molecule has 0 aliphatic heterocycles. The number of fused-ring (bicyclic) bond motifs is 7. The molecule has 0 amide bonds. The molecule has 0 fully saturated rings. The Labute approximate surface area is 407 Å². The fourth-order valence-corrected chi connectivity index (χ4v) is 10.9. The zero-order valence-corrected chi connectivity index (χ0v) is 38.9. The van der Waals surface area contributed by atoms with Gasteiger partial charge in [0.15, 0.2) is 17.5 Å². The minimum atomic E-state index is -0.285. The second-order valence-electron chi connectivity index (χ2n) is 18.9. The smallest absolute Gasteiger partial charge is 0.166 e. The Morgan fingerprint density at radius 3 is 1.86 bits per heavy atom. The van der Waals surface area contributed by atoms with Crippen molar-refractivity contribution in [2.45, 2.75) is 38.0 Å². The first-order chi connectivity index (χ1) is 34.5. The van der Waals surface area contributed by atoms with E-state index in [9.17, 15) is 0 Å². The van der Waals surface area contributed by atoms with E-state index in [1.165, 1.54) is 38.9 Å². The van der Waals surface area contributed by atoms with Gasteiger partial charge in [-0.3, -0.25) is 4.98 Å². The lowest BCUT2D eigenvalue weighted by atomic mass is 9.71. The van der Waals surface area contributed by atoms with Gasteiger partial charge in [0.2, 0.25) is 0 Å². The summed E-state index contributed by atoms with van der Waals surface area (Å²) in [7, 11) is 0. The molecule has 70 heavy (non-hydrogen) atoms. The predicted molar refractivity (Wildman–Crippen MR) is 284 cm³/mol. The largest absolute Gasteiger partial charge is 0.460 e. The van der Waals surface area contributed by atoms with Gasteiger partial charge in [-0.1, -0.05) is 184 Å². The molecule has 4 aromatic heterocycles. The highest BCUT2D eigenvalue weighted by molar-refractivity contribution is 6.05. The van der Waals surface area contributed by atoms with Crippen LogP contribution in [0.25, 0.3) is 95.4 Å². The molecule has 0 N–H and O–H groups in total. The third-order valence-electron chi connectivity index (χ3n) is 14.3. The highest BCUT2D eigenvalue weighted by Crippen LogP contribution is 2.51. The molecule has 6 nitrogen and oxygen atoms in total. The molecule has 7 aromatic carbocycles. The van der Waals surface area contributed by atoms with E-state index in [1.807, 2.05) is 42.6 Å². The van der Waals surface area contributed by atoms with Gasteiger partial charge in [0, 0.05) is 67.4 Å². The van der Waals surface area contributed by atoms with Gasteiger partial charge < -0.3 is 8.98 Å². The minimum absolute atomic E-state index is 0.179. The molecular weight excluding hydrogens is 855 g/mol. The zero-order chi connectivity index (χ0) is 46.8. The monoisotopic (exact) mass is 901 g/mol. The van der Waals surface area contributed by atoms with Crippen LogP contribution in [0.4, 0.5) is 0 Å². The molecule has 4 heterocycles. The number of benzene rings is 7.